The SMILES string of the molecule is O=C(Nc1onc(-c2cccnc2)c1C(=O)O)c1ccccc1Cl. The Balaban J connectivity index is 1.98. The van der Waals surface area contributed by atoms with Crippen LogP contribution >= 0.6 is 11.6 Å². The maximum Gasteiger partial charge on any atom is 0.343 e. The van der Waals surface area contributed by atoms with E-state index in [-0.39, 0.29) is 27.7 Å². The highest BCUT2D eigenvalue weighted by Crippen LogP contribution is 2.29. The van der Waals surface area contributed by atoms with E-state index in [1.54, 1.807) is 36.5 Å². The summed E-state index contributed by atoms with van der Waals surface area (Å²) in [5.74, 6) is -2.16. The third-order valence-electron chi connectivity index (χ3n) is 3.19. The average molecular weight is 344 g/mol. The smallest absolute Gasteiger partial charge is 0.343 e. The van der Waals surface area contributed by atoms with Gasteiger partial charge in [-0.3, -0.25) is 15.1 Å². The fourth-order valence-electron chi connectivity index (χ4n) is 2.09. The molecule has 0 aliphatic rings. The Morgan fingerprint density at radius 3 is 2.62 bits per heavy atom. The number of aromatic carboxylic acids is 1. The van der Waals surface area contributed by atoms with Crippen molar-refractivity contribution >= 4 is 29.4 Å². The van der Waals surface area contributed by atoms with Gasteiger partial charge in [0.2, 0.25) is 5.88 Å². The number of amides is 1. The molecule has 0 aliphatic heterocycles. The number of carbonyl (C=O) groups excluding carboxylic acids is 1. The predicted molar refractivity (Wildman–Crippen MR) is 86.1 cm³/mol. The molecule has 7 nitrogen and oxygen atoms in total. The van der Waals surface area contributed by atoms with E-state index in [0.29, 0.717) is 5.56 Å². The molecule has 1 amide bonds. The monoisotopic (exact) mass is 343 g/mol. The van der Waals surface area contributed by atoms with Crippen LogP contribution in [0.4, 0.5) is 5.88 Å². The van der Waals surface area contributed by atoms with Crippen LogP contribution in [0.15, 0.2) is 53.3 Å². The lowest BCUT2D eigenvalue weighted by Crippen LogP contribution is -2.14. The highest BCUT2D eigenvalue weighted by molar-refractivity contribution is 6.34. The first-order valence-corrected chi connectivity index (χ1v) is 7.15. The number of nitrogens with one attached hydrogen (secondary N) is 1. The third-order valence-corrected chi connectivity index (χ3v) is 3.52. The number of carboxylic acids is 1. The second kappa shape index (κ2) is 6.51. The largest absolute Gasteiger partial charge is 0.477 e. The minimum Gasteiger partial charge on any atom is -0.477 e. The molecule has 0 unspecified atom stereocenters. The van der Waals surface area contributed by atoms with E-state index in [9.17, 15) is 14.7 Å². The number of nitrogens with zero attached hydrogens (tertiary/aromatic N) is 2. The maximum atomic E-state index is 12.3. The number of hydrogen-bond acceptors (Lipinski definition) is 5. The van der Waals surface area contributed by atoms with Crippen LogP contribution in [0.5, 0.6) is 0 Å². The van der Waals surface area contributed by atoms with Gasteiger partial charge in [-0.15, -0.1) is 0 Å². The first kappa shape index (κ1) is 15.7. The fraction of sp³-hybridized carbons (Fsp3) is 0. The first-order valence-electron chi connectivity index (χ1n) is 6.77. The van der Waals surface area contributed by atoms with E-state index < -0.39 is 11.9 Å². The van der Waals surface area contributed by atoms with Crippen molar-refractivity contribution in [3.63, 3.8) is 0 Å². The van der Waals surface area contributed by atoms with Gasteiger partial charge in [0.15, 0.2) is 5.56 Å². The molecule has 0 spiro atoms. The van der Waals surface area contributed by atoms with Crippen molar-refractivity contribution in [2.45, 2.75) is 0 Å². The van der Waals surface area contributed by atoms with Gasteiger partial charge in [-0.2, -0.15) is 0 Å². The summed E-state index contributed by atoms with van der Waals surface area (Å²) in [5.41, 5.74) is 0.459. The van der Waals surface area contributed by atoms with Crippen LogP contribution in [0, 0.1) is 0 Å². The van der Waals surface area contributed by atoms with Gasteiger partial charge in [0.1, 0.15) is 5.69 Å². The number of anilines is 1. The van der Waals surface area contributed by atoms with Gasteiger partial charge in [0.05, 0.1) is 10.6 Å². The molecule has 1 aromatic carbocycles. The van der Waals surface area contributed by atoms with Gasteiger partial charge >= 0.3 is 5.97 Å². The highest BCUT2D eigenvalue weighted by atomic mass is 35.5. The summed E-state index contributed by atoms with van der Waals surface area (Å²) in [6.07, 6.45) is 2.99. The van der Waals surface area contributed by atoms with Crippen LogP contribution in [0.3, 0.4) is 0 Å². The average Bonchev–Trinajstić information content (AvgIpc) is 2.99. The molecule has 0 bridgehead atoms. The molecular weight excluding hydrogens is 334 g/mol. The normalized spacial score (nSPS) is 10.4. The van der Waals surface area contributed by atoms with Gasteiger partial charge in [-0.1, -0.05) is 28.9 Å². The summed E-state index contributed by atoms with van der Waals surface area (Å²) in [4.78, 5) is 27.7. The molecule has 2 aromatic heterocycles. The fourth-order valence-corrected chi connectivity index (χ4v) is 2.31. The minimum atomic E-state index is -1.29. The lowest BCUT2D eigenvalue weighted by atomic mass is 10.1. The summed E-state index contributed by atoms with van der Waals surface area (Å²) in [7, 11) is 0. The van der Waals surface area contributed by atoms with Crippen molar-refractivity contribution in [1.29, 1.82) is 0 Å². The molecule has 120 valence electrons. The van der Waals surface area contributed by atoms with Crippen molar-refractivity contribution in [2.24, 2.45) is 0 Å². The molecule has 0 fully saturated rings. The Morgan fingerprint density at radius 2 is 1.96 bits per heavy atom. The van der Waals surface area contributed by atoms with Gasteiger partial charge in [-0.05, 0) is 24.3 Å². The molecule has 0 atom stereocenters. The number of halogens is 1. The molecule has 3 aromatic rings. The van der Waals surface area contributed by atoms with Crippen molar-refractivity contribution in [1.82, 2.24) is 10.1 Å². The minimum absolute atomic E-state index is 0.0741. The molecule has 3 rings (SSSR count). The van der Waals surface area contributed by atoms with E-state index in [1.165, 1.54) is 12.3 Å². The van der Waals surface area contributed by atoms with E-state index in [2.05, 4.69) is 15.5 Å². The molecule has 0 saturated carbocycles. The predicted octanol–water partition coefficient (Wildman–Crippen LogP) is 3.34. The molecule has 0 saturated heterocycles. The topological polar surface area (TPSA) is 105 Å². The third kappa shape index (κ3) is 2.97. The van der Waals surface area contributed by atoms with Crippen LogP contribution in [0.1, 0.15) is 20.7 Å². The van der Waals surface area contributed by atoms with E-state index in [4.69, 9.17) is 16.1 Å². The quantitative estimate of drug-likeness (QED) is 0.752. The maximum absolute atomic E-state index is 12.3. The number of carbonyl (C=O) groups is 2. The Kier molecular flexibility index (Phi) is 4.26. The number of rotatable bonds is 4. The molecule has 2 heterocycles. The van der Waals surface area contributed by atoms with E-state index in [1.807, 2.05) is 0 Å². The Bertz CT molecular complexity index is 909. The van der Waals surface area contributed by atoms with Crippen molar-refractivity contribution in [3.05, 3.63) is 64.9 Å². The van der Waals surface area contributed by atoms with Crippen LogP contribution in [0.25, 0.3) is 11.3 Å². The Labute approximate surface area is 140 Å². The molecule has 24 heavy (non-hydrogen) atoms. The van der Waals surface area contributed by atoms with Gasteiger partial charge in [-0.25, -0.2) is 4.79 Å². The number of aromatic nitrogens is 2. The second-order valence-electron chi connectivity index (χ2n) is 4.72. The summed E-state index contributed by atoms with van der Waals surface area (Å²) in [5, 5.41) is 15.8. The molecule has 8 heteroatoms. The standard InChI is InChI=1S/C16H10ClN3O4/c17-11-6-2-1-5-10(11)14(21)19-15-12(16(22)23)13(20-24-15)9-4-3-7-18-8-9/h1-8H,(H,19,21)(H,22,23). The number of pyridine rings is 1. The second-order valence-corrected chi connectivity index (χ2v) is 5.12. The van der Waals surface area contributed by atoms with Crippen LogP contribution in [-0.2, 0) is 0 Å². The van der Waals surface area contributed by atoms with Crippen LogP contribution < -0.4 is 5.32 Å². The summed E-state index contributed by atoms with van der Waals surface area (Å²) < 4.78 is 5.01. The van der Waals surface area contributed by atoms with Gasteiger partial charge in [0.25, 0.3) is 5.91 Å². The molecule has 2 N–H and O–H groups in total. The summed E-state index contributed by atoms with van der Waals surface area (Å²) in [6, 6.07) is 9.65. The van der Waals surface area contributed by atoms with Crippen molar-refractivity contribution < 1.29 is 19.2 Å². The van der Waals surface area contributed by atoms with Gasteiger partial charge in [0, 0.05) is 18.0 Å². The Hall–Kier alpha value is -3.19. The lowest BCUT2D eigenvalue weighted by molar-refractivity contribution is 0.0698. The van der Waals surface area contributed by atoms with E-state index in [0.717, 1.165) is 0 Å². The zero-order valence-electron chi connectivity index (χ0n) is 12.1. The lowest BCUT2D eigenvalue weighted by Gasteiger charge is -2.04. The first-order chi connectivity index (χ1) is 11.6. The summed E-state index contributed by atoms with van der Waals surface area (Å²) in [6.45, 7) is 0. The Morgan fingerprint density at radius 1 is 1.17 bits per heavy atom. The van der Waals surface area contributed by atoms with Crippen molar-refractivity contribution in [3.8, 4) is 11.3 Å². The number of hydrogen-bond donors (Lipinski definition) is 2. The summed E-state index contributed by atoms with van der Waals surface area (Å²) >= 11 is 5.96. The number of carboxylic acid groups (broad SMARTS) is 1. The molecule has 0 radical (unpaired) electrons. The van der Waals surface area contributed by atoms with Gasteiger partial charge < -0.3 is 9.63 Å². The van der Waals surface area contributed by atoms with E-state index >= 15 is 0 Å². The van der Waals surface area contributed by atoms with Crippen LogP contribution in [-0.4, -0.2) is 27.1 Å². The molecular formula is C16H10ClN3O4. The zero-order valence-corrected chi connectivity index (χ0v) is 12.8. The van der Waals surface area contributed by atoms with Crippen molar-refractivity contribution in [2.75, 3.05) is 5.32 Å². The zero-order chi connectivity index (χ0) is 17.1. The molecule has 0 aliphatic carbocycles. The highest BCUT2D eigenvalue weighted by Gasteiger charge is 2.25. The van der Waals surface area contributed by atoms with Crippen LogP contribution in [0.2, 0.25) is 5.02 Å². The number of benzene rings is 1.